The van der Waals surface area contributed by atoms with E-state index in [9.17, 15) is 15.3 Å². The molecule has 0 aromatic rings. The minimum absolute atomic E-state index is 0.377. The predicted molar refractivity (Wildman–Crippen MR) is 49.4 cm³/mol. The zero-order valence-corrected chi connectivity index (χ0v) is 9.27. The lowest BCUT2D eigenvalue weighted by Gasteiger charge is -2.37. The number of hydrogen-bond donors (Lipinski definition) is 3. The monoisotopic (exact) mass is 304 g/mol. The van der Waals surface area contributed by atoms with Gasteiger partial charge in [0.25, 0.3) is 0 Å². The fourth-order valence-electron chi connectivity index (χ4n) is 1.04. The molecular formula is C6H10Br2O4. The highest BCUT2D eigenvalue weighted by molar-refractivity contribution is 9.09. The molecule has 4 nitrogen and oxygen atoms in total. The standard InChI is InChI=1S/C6H10Br2O4/c7-1-2-4(9)5(10)3(8)6(11)12-2/h2-6,9-11H,1H2/t2-,3+,4-,5-,6+/m1/s1. The van der Waals surface area contributed by atoms with Gasteiger partial charge in [0.2, 0.25) is 0 Å². The molecule has 0 spiro atoms. The van der Waals surface area contributed by atoms with Gasteiger partial charge in [0, 0.05) is 5.33 Å². The van der Waals surface area contributed by atoms with Crippen LogP contribution in [0.25, 0.3) is 0 Å². The highest BCUT2D eigenvalue weighted by atomic mass is 79.9. The van der Waals surface area contributed by atoms with Crippen LogP contribution in [-0.2, 0) is 4.74 Å². The third-order valence-corrected chi connectivity index (χ3v) is 3.43. The molecule has 0 radical (unpaired) electrons. The maximum Gasteiger partial charge on any atom is 0.170 e. The van der Waals surface area contributed by atoms with Crippen molar-refractivity contribution in [3.8, 4) is 0 Å². The van der Waals surface area contributed by atoms with Gasteiger partial charge in [0.05, 0.1) is 17.0 Å². The Kier molecular flexibility index (Phi) is 3.94. The van der Waals surface area contributed by atoms with Crippen LogP contribution in [0.4, 0.5) is 0 Å². The highest BCUT2D eigenvalue weighted by Gasteiger charge is 2.41. The highest BCUT2D eigenvalue weighted by Crippen LogP contribution is 2.25. The molecule has 5 atom stereocenters. The average molecular weight is 306 g/mol. The Morgan fingerprint density at radius 3 is 2.25 bits per heavy atom. The second kappa shape index (κ2) is 4.34. The van der Waals surface area contributed by atoms with Crippen molar-refractivity contribution in [2.75, 3.05) is 5.33 Å². The van der Waals surface area contributed by atoms with Gasteiger partial charge in [-0.25, -0.2) is 0 Å². The number of aliphatic hydroxyl groups is 3. The number of ether oxygens (including phenoxy) is 1. The van der Waals surface area contributed by atoms with Crippen molar-refractivity contribution < 1.29 is 20.1 Å². The minimum Gasteiger partial charge on any atom is -0.389 e. The molecule has 0 amide bonds. The summed E-state index contributed by atoms with van der Waals surface area (Å²) in [6, 6.07) is 0. The van der Waals surface area contributed by atoms with Crippen LogP contribution in [0.1, 0.15) is 0 Å². The van der Waals surface area contributed by atoms with E-state index in [0.717, 1.165) is 0 Å². The lowest BCUT2D eigenvalue weighted by atomic mass is 10.0. The quantitative estimate of drug-likeness (QED) is 0.576. The van der Waals surface area contributed by atoms with E-state index in [-0.39, 0.29) is 0 Å². The summed E-state index contributed by atoms with van der Waals surface area (Å²) in [5, 5.41) is 28.3. The SMILES string of the molecule is O[C@H]1[C@H](O)[C@@H](CBr)O[C@H](O)[C@H]1Br. The van der Waals surface area contributed by atoms with E-state index in [1.165, 1.54) is 0 Å². The molecule has 72 valence electrons. The first-order valence-corrected chi connectivity index (χ1v) is 5.51. The molecular weight excluding hydrogens is 296 g/mol. The molecule has 1 fully saturated rings. The van der Waals surface area contributed by atoms with E-state index in [2.05, 4.69) is 31.9 Å². The molecule has 0 unspecified atom stereocenters. The second-order valence-corrected chi connectivity index (χ2v) is 4.35. The van der Waals surface area contributed by atoms with Crippen molar-refractivity contribution in [3.63, 3.8) is 0 Å². The van der Waals surface area contributed by atoms with Crippen LogP contribution < -0.4 is 0 Å². The van der Waals surface area contributed by atoms with Crippen molar-refractivity contribution in [1.29, 1.82) is 0 Å². The maximum atomic E-state index is 9.38. The van der Waals surface area contributed by atoms with Crippen LogP contribution in [0.2, 0.25) is 0 Å². The van der Waals surface area contributed by atoms with Gasteiger partial charge in [-0.05, 0) is 0 Å². The number of alkyl halides is 2. The largest absolute Gasteiger partial charge is 0.389 e. The van der Waals surface area contributed by atoms with Crippen molar-refractivity contribution >= 4 is 31.9 Å². The van der Waals surface area contributed by atoms with Crippen molar-refractivity contribution in [3.05, 3.63) is 0 Å². The topological polar surface area (TPSA) is 69.9 Å². The zero-order valence-electron chi connectivity index (χ0n) is 6.10. The first kappa shape index (κ1) is 10.9. The molecule has 0 aromatic carbocycles. The molecule has 6 heteroatoms. The Bertz CT molecular complexity index is 152. The summed E-state index contributed by atoms with van der Waals surface area (Å²) in [7, 11) is 0. The Hall–Kier alpha value is 0.800. The van der Waals surface area contributed by atoms with E-state index < -0.39 is 29.4 Å². The van der Waals surface area contributed by atoms with E-state index in [1.807, 2.05) is 0 Å². The van der Waals surface area contributed by atoms with Gasteiger partial charge in [-0.1, -0.05) is 31.9 Å². The van der Waals surface area contributed by atoms with Gasteiger partial charge in [0.1, 0.15) is 6.10 Å². The Morgan fingerprint density at radius 2 is 1.75 bits per heavy atom. The van der Waals surface area contributed by atoms with Crippen LogP contribution in [0.3, 0.4) is 0 Å². The molecule has 1 rings (SSSR count). The Balaban J connectivity index is 2.63. The molecule has 1 saturated heterocycles. The fourth-order valence-corrected chi connectivity index (χ4v) is 2.01. The van der Waals surface area contributed by atoms with Crippen molar-refractivity contribution in [2.24, 2.45) is 0 Å². The van der Waals surface area contributed by atoms with E-state index in [4.69, 9.17) is 4.74 Å². The summed E-state index contributed by atoms with van der Waals surface area (Å²) in [6.45, 7) is 0. The fraction of sp³-hybridized carbons (Fsp3) is 1.00. The summed E-state index contributed by atoms with van der Waals surface area (Å²) in [4.78, 5) is -0.636. The Morgan fingerprint density at radius 1 is 1.17 bits per heavy atom. The molecule has 1 aliphatic rings. The number of rotatable bonds is 1. The maximum absolute atomic E-state index is 9.38. The lowest BCUT2D eigenvalue weighted by molar-refractivity contribution is -0.218. The van der Waals surface area contributed by atoms with Crippen LogP contribution in [0.5, 0.6) is 0 Å². The second-order valence-electron chi connectivity index (χ2n) is 2.65. The van der Waals surface area contributed by atoms with Gasteiger partial charge < -0.3 is 20.1 Å². The third-order valence-electron chi connectivity index (χ3n) is 1.80. The summed E-state index contributed by atoms with van der Waals surface area (Å²) in [6.07, 6.45) is -3.62. The molecule has 0 aromatic heterocycles. The van der Waals surface area contributed by atoms with Gasteiger partial charge >= 0.3 is 0 Å². The summed E-state index contributed by atoms with van der Waals surface area (Å²) in [5.74, 6) is 0. The van der Waals surface area contributed by atoms with Gasteiger partial charge in [-0.2, -0.15) is 0 Å². The van der Waals surface area contributed by atoms with E-state index in [1.54, 1.807) is 0 Å². The number of aliphatic hydroxyl groups excluding tert-OH is 3. The summed E-state index contributed by atoms with van der Waals surface area (Å²) >= 11 is 6.12. The average Bonchev–Trinajstić information content (AvgIpc) is 2.08. The van der Waals surface area contributed by atoms with Gasteiger partial charge in [0.15, 0.2) is 6.29 Å². The Labute approximate surface area is 86.8 Å². The number of halogens is 2. The van der Waals surface area contributed by atoms with E-state index in [0.29, 0.717) is 5.33 Å². The molecule has 1 heterocycles. The van der Waals surface area contributed by atoms with Gasteiger partial charge in [-0.15, -0.1) is 0 Å². The van der Waals surface area contributed by atoms with Crippen LogP contribution in [0, 0.1) is 0 Å². The smallest absolute Gasteiger partial charge is 0.170 e. The first-order valence-electron chi connectivity index (χ1n) is 3.47. The molecule has 3 N–H and O–H groups in total. The van der Waals surface area contributed by atoms with Gasteiger partial charge in [-0.3, -0.25) is 0 Å². The summed E-state index contributed by atoms with van der Waals surface area (Å²) < 4.78 is 4.98. The molecule has 0 bridgehead atoms. The van der Waals surface area contributed by atoms with Crippen LogP contribution in [-0.4, -0.2) is 50.1 Å². The normalized spacial score (nSPS) is 49.2. The first-order chi connectivity index (χ1) is 5.57. The van der Waals surface area contributed by atoms with Crippen molar-refractivity contribution in [2.45, 2.75) is 29.4 Å². The predicted octanol–water partition coefficient (Wildman–Crippen LogP) is -0.416. The third kappa shape index (κ3) is 2.00. The minimum atomic E-state index is -1.08. The van der Waals surface area contributed by atoms with Crippen molar-refractivity contribution in [1.82, 2.24) is 0 Å². The molecule has 12 heavy (non-hydrogen) atoms. The van der Waals surface area contributed by atoms with E-state index >= 15 is 0 Å². The van der Waals surface area contributed by atoms with Crippen LogP contribution >= 0.6 is 31.9 Å². The molecule has 1 aliphatic heterocycles. The number of hydrogen-bond acceptors (Lipinski definition) is 4. The molecule has 0 saturated carbocycles. The summed E-state index contributed by atoms with van der Waals surface area (Å²) in [5.41, 5.74) is 0. The lowest BCUT2D eigenvalue weighted by Crippen LogP contribution is -2.55. The van der Waals surface area contributed by atoms with Crippen LogP contribution in [0.15, 0.2) is 0 Å². The molecule has 0 aliphatic carbocycles. The zero-order chi connectivity index (χ0) is 9.30.